The maximum absolute atomic E-state index is 8.87. The van der Waals surface area contributed by atoms with Crippen molar-refractivity contribution in [1.29, 1.82) is 5.26 Å². The molecule has 0 amide bonds. The lowest BCUT2D eigenvalue weighted by Crippen LogP contribution is -2.32. The van der Waals surface area contributed by atoms with Crippen LogP contribution < -0.4 is 0 Å². The average molecular weight is 153 g/mol. The molecule has 62 valence electrons. The van der Waals surface area contributed by atoms with Crippen molar-refractivity contribution in [1.82, 2.24) is 0 Å². The number of nitriles is 1. The molecule has 0 heterocycles. The predicted octanol–water partition coefficient (Wildman–Crippen LogP) is 2.10. The van der Waals surface area contributed by atoms with Crippen LogP contribution in [0.15, 0.2) is 0 Å². The molecule has 0 saturated heterocycles. The smallest absolute Gasteiger partial charge is 0.154 e. The number of hydrogen-bond acceptors (Lipinski definition) is 2. The SMILES string of the molecule is CC(C)OC(C)(C#N)C1CC1. The Kier molecular flexibility index (Phi) is 2.20. The highest BCUT2D eigenvalue weighted by Gasteiger charge is 2.43. The number of hydrogen-bond donors (Lipinski definition) is 0. The zero-order valence-electron chi connectivity index (χ0n) is 7.42. The van der Waals surface area contributed by atoms with E-state index in [0.717, 1.165) is 12.8 Å². The van der Waals surface area contributed by atoms with Crippen LogP contribution >= 0.6 is 0 Å². The van der Waals surface area contributed by atoms with E-state index in [-0.39, 0.29) is 6.10 Å². The van der Waals surface area contributed by atoms with Gasteiger partial charge in [0.05, 0.1) is 12.2 Å². The van der Waals surface area contributed by atoms with Crippen molar-refractivity contribution in [2.24, 2.45) is 5.92 Å². The molecule has 1 aliphatic carbocycles. The monoisotopic (exact) mass is 153 g/mol. The molecule has 0 aromatic rings. The highest BCUT2D eigenvalue weighted by atomic mass is 16.5. The topological polar surface area (TPSA) is 33.0 Å². The van der Waals surface area contributed by atoms with Crippen LogP contribution in [0.4, 0.5) is 0 Å². The average Bonchev–Trinajstić information content (AvgIpc) is 2.66. The lowest BCUT2D eigenvalue weighted by Gasteiger charge is -2.24. The second-order valence-corrected chi connectivity index (χ2v) is 3.66. The van der Waals surface area contributed by atoms with Gasteiger partial charge in [0.2, 0.25) is 0 Å². The van der Waals surface area contributed by atoms with Gasteiger partial charge < -0.3 is 4.74 Å². The van der Waals surface area contributed by atoms with Gasteiger partial charge in [-0.05, 0) is 33.6 Å². The van der Waals surface area contributed by atoms with Gasteiger partial charge in [-0.15, -0.1) is 0 Å². The maximum atomic E-state index is 8.87. The van der Waals surface area contributed by atoms with Gasteiger partial charge in [0.15, 0.2) is 5.60 Å². The lowest BCUT2D eigenvalue weighted by molar-refractivity contribution is -0.0436. The van der Waals surface area contributed by atoms with E-state index < -0.39 is 5.60 Å². The minimum Gasteiger partial charge on any atom is -0.357 e. The highest BCUT2D eigenvalue weighted by molar-refractivity contribution is 5.08. The van der Waals surface area contributed by atoms with Crippen molar-refractivity contribution in [3.63, 3.8) is 0 Å². The zero-order valence-corrected chi connectivity index (χ0v) is 7.42. The maximum Gasteiger partial charge on any atom is 0.154 e. The summed E-state index contributed by atoms with van der Waals surface area (Å²) in [6.07, 6.45) is 2.45. The molecule has 1 atom stereocenters. The third-order valence-corrected chi connectivity index (χ3v) is 2.06. The highest BCUT2D eigenvalue weighted by Crippen LogP contribution is 2.41. The Morgan fingerprint density at radius 2 is 2.09 bits per heavy atom. The Hall–Kier alpha value is -0.550. The van der Waals surface area contributed by atoms with Crippen molar-refractivity contribution in [2.45, 2.75) is 45.3 Å². The van der Waals surface area contributed by atoms with Gasteiger partial charge in [-0.2, -0.15) is 5.26 Å². The van der Waals surface area contributed by atoms with Crippen LogP contribution in [0.3, 0.4) is 0 Å². The molecule has 11 heavy (non-hydrogen) atoms. The molecule has 0 aromatic heterocycles. The third-order valence-electron chi connectivity index (χ3n) is 2.06. The summed E-state index contributed by atoms with van der Waals surface area (Å²) in [6, 6.07) is 2.25. The lowest BCUT2D eigenvalue weighted by atomic mass is 10.0. The first-order valence-electron chi connectivity index (χ1n) is 4.17. The molecule has 1 fully saturated rings. The van der Waals surface area contributed by atoms with Crippen LogP contribution in [0.1, 0.15) is 33.6 Å². The molecule has 1 rings (SSSR count). The van der Waals surface area contributed by atoms with E-state index in [4.69, 9.17) is 10.00 Å². The van der Waals surface area contributed by atoms with E-state index in [9.17, 15) is 0 Å². The van der Waals surface area contributed by atoms with Crippen LogP contribution in [0.5, 0.6) is 0 Å². The molecule has 1 unspecified atom stereocenters. The first kappa shape index (κ1) is 8.55. The fourth-order valence-corrected chi connectivity index (χ4v) is 1.34. The van der Waals surface area contributed by atoms with E-state index in [0.29, 0.717) is 5.92 Å². The van der Waals surface area contributed by atoms with Gasteiger partial charge in [-0.1, -0.05) is 0 Å². The molecule has 0 N–H and O–H groups in total. The summed E-state index contributed by atoms with van der Waals surface area (Å²) in [5.74, 6) is 0.481. The van der Waals surface area contributed by atoms with Crippen LogP contribution in [0.2, 0.25) is 0 Å². The number of rotatable bonds is 3. The number of ether oxygens (including phenoxy) is 1. The molecule has 0 aliphatic heterocycles. The second-order valence-electron chi connectivity index (χ2n) is 3.66. The molecule has 2 nitrogen and oxygen atoms in total. The van der Waals surface area contributed by atoms with Gasteiger partial charge >= 0.3 is 0 Å². The standard InChI is InChI=1S/C9H15NO/c1-7(2)11-9(3,6-10)8-4-5-8/h7-8H,4-5H2,1-3H3. The Morgan fingerprint density at radius 1 is 1.55 bits per heavy atom. The van der Waals surface area contributed by atoms with Gasteiger partial charge in [0.25, 0.3) is 0 Å². The van der Waals surface area contributed by atoms with Crippen molar-refractivity contribution < 1.29 is 4.74 Å². The van der Waals surface area contributed by atoms with Crippen LogP contribution in [0, 0.1) is 17.2 Å². The van der Waals surface area contributed by atoms with Crippen LogP contribution in [-0.2, 0) is 4.74 Å². The van der Waals surface area contributed by atoms with Gasteiger partial charge in [-0.25, -0.2) is 0 Å². The number of nitrogens with zero attached hydrogens (tertiary/aromatic N) is 1. The molecular weight excluding hydrogens is 138 g/mol. The Labute approximate surface area is 68.2 Å². The van der Waals surface area contributed by atoms with Gasteiger partial charge in [0.1, 0.15) is 0 Å². The summed E-state index contributed by atoms with van der Waals surface area (Å²) < 4.78 is 5.55. The van der Waals surface area contributed by atoms with Crippen molar-refractivity contribution in [2.75, 3.05) is 0 Å². The zero-order chi connectivity index (χ0) is 8.48. The largest absolute Gasteiger partial charge is 0.357 e. The first-order chi connectivity index (χ1) is 5.08. The molecule has 0 bridgehead atoms. The normalized spacial score (nSPS) is 22.8. The minimum absolute atomic E-state index is 0.153. The predicted molar refractivity (Wildman–Crippen MR) is 43.0 cm³/mol. The molecule has 1 aliphatic rings. The second kappa shape index (κ2) is 2.83. The Bertz CT molecular complexity index is 178. The van der Waals surface area contributed by atoms with Crippen molar-refractivity contribution in [3.8, 4) is 6.07 Å². The molecule has 0 aromatic carbocycles. The van der Waals surface area contributed by atoms with E-state index >= 15 is 0 Å². The molecule has 0 spiro atoms. The summed E-state index contributed by atoms with van der Waals surface area (Å²) in [5, 5.41) is 8.87. The van der Waals surface area contributed by atoms with E-state index in [1.54, 1.807) is 0 Å². The van der Waals surface area contributed by atoms with Crippen molar-refractivity contribution in [3.05, 3.63) is 0 Å². The van der Waals surface area contributed by atoms with E-state index in [1.165, 1.54) is 0 Å². The summed E-state index contributed by atoms with van der Waals surface area (Å²) in [7, 11) is 0. The minimum atomic E-state index is -0.520. The summed E-state index contributed by atoms with van der Waals surface area (Å²) in [6.45, 7) is 5.83. The Balaban J connectivity index is 2.53. The van der Waals surface area contributed by atoms with Gasteiger partial charge in [-0.3, -0.25) is 0 Å². The van der Waals surface area contributed by atoms with E-state index in [1.807, 2.05) is 20.8 Å². The molecular formula is C9H15NO. The molecule has 0 radical (unpaired) electrons. The van der Waals surface area contributed by atoms with Gasteiger partial charge in [0, 0.05) is 5.92 Å². The quantitative estimate of drug-likeness (QED) is 0.622. The van der Waals surface area contributed by atoms with Crippen LogP contribution in [0.25, 0.3) is 0 Å². The summed E-state index contributed by atoms with van der Waals surface area (Å²) in [4.78, 5) is 0. The fraction of sp³-hybridized carbons (Fsp3) is 0.889. The summed E-state index contributed by atoms with van der Waals surface area (Å²) >= 11 is 0. The van der Waals surface area contributed by atoms with Crippen LogP contribution in [-0.4, -0.2) is 11.7 Å². The fourth-order valence-electron chi connectivity index (χ4n) is 1.34. The van der Waals surface area contributed by atoms with E-state index in [2.05, 4.69) is 6.07 Å². The summed E-state index contributed by atoms with van der Waals surface area (Å²) in [5.41, 5.74) is -0.520. The molecule has 2 heteroatoms. The van der Waals surface area contributed by atoms with Crippen molar-refractivity contribution >= 4 is 0 Å². The Morgan fingerprint density at radius 3 is 2.36 bits per heavy atom. The third kappa shape index (κ3) is 1.94. The molecule has 1 saturated carbocycles. The first-order valence-corrected chi connectivity index (χ1v) is 4.17.